The number of carboxylic acids is 1. The van der Waals surface area contributed by atoms with Crippen LogP contribution in [0.5, 0.6) is 0 Å². The zero-order valence-electron chi connectivity index (χ0n) is 26.1. The fourth-order valence-corrected chi connectivity index (χ4v) is 7.04. The molecule has 45 heavy (non-hydrogen) atoms. The molecule has 1 aliphatic carbocycles. The van der Waals surface area contributed by atoms with E-state index in [0.29, 0.717) is 25.0 Å². The largest absolute Gasteiger partial charge is 0.475 e. The van der Waals surface area contributed by atoms with Crippen molar-refractivity contribution in [1.82, 2.24) is 33.6 Å². The third-order valence-electron chi connectivity index (χ3n) is 7.52. The van der Waals surface area contributed by atoms with Crippen LogP contribution in [0.4, 0.5) is 0 Å². The predicted octanol–water partition coefficient (Wildman–Crippen LogP) is 2.28. The molecule has 1 aliphatic rings. The van der Waals surface area contributed by atoms with Gasteiger partial charge in [0.25, 0.3) is 5.56 Å². The van der Waals surface area contributed by atoms with Gasteiger partial charge in [-0.15, -0.1) is 0 Å². The van der Waals surface area contributed by atoms with E-state index < -0.39 is 35.2 Å². The lowest BCUT2D eigenvalue weighted by atomic mass is 10.1. The number of imidazole rings is 1. The van der Waals surface area contributed by atoms with Gasteiger partial charge in [0.1, 0.15) is 13.8 Å². The number of aromatic amines is 1. The van der Waals surface area contributed by atoms with Gasteiger partial charge in [-0.05, 0) is 43.1 Å². The molecule has 4 aromatic rings. The SMILES string of the molecule is CO/N=c1\[nH]c2c(-c3cn(COCC[Si](C)(C)C)c(C(=O)O)n3)cc(S(=O)(=O)NC3(C)CC3)cc2c(=O)n1Cc1cnn(C)c1. The number of carbonyl (C=O) groups is 1. The summed E-state index contributed by atoms with van der Waals surface area (Å²) in [6, 6.07) is 3.56. The number of aromatic nitrogens is 6. The predicted molar refractivity (Wildman–Crippen MR) is 168 cm³/mol. The van der Waals surface area contributed by atoms with Crippen LogP contribution in [-0.2, 0) is 39.9 Å². The first-order valence-corrected chi connectivity index (χ1v) is 19.6. The number of carboxylic acid groups (broad SMARTS) is 1. The Morgan fingerprint density at radius 2 is 1.98 bits per heavy atom. The molecule has 0 aliphatic heterocycles. The van der Waals surface area contributed by atoms with Crippen LogP contribution in [0.1, 0.15) is 35.9 Å². The van der Waals surface area contributed by atoms with Crippen LogP contribution in [0.25, 0.3) is 22.2 Å². The standard InChI is InChI=1S/C28H38N8O7SSi/c1-28(7-8-28)33-44(40,41)19-11-20(22-16-35(24(30-22)26(38)39)17-43-9-10-45(4,5)6)23-21(12-19)25(37)36(27(31-23)32-42-3)15-18-13-29-34(2)14-18/h11-14,16,33H,7-10,15,17H2,1-6H3,(H,31,32)(H,38,39). The molecular formula is C28H38N8O7SSi. The Morgan fingerprint density at radius 3 is 2.58 bits per heavy atom. The number of sulfonamides is 1. The summed E-state index contributed by atoms with van der Waals surface area (Å²) in [4.78, 5) is 38.6. The van der Waals surface area contributed by atoms with E-state index in [0.717, 1.165) is 6.04 Å². The monoisotopic (exact) mass is 658 g/mol. The van der Waals surface area contributed by atoms with E-state index in [1.807, 2.05) is 6.92 Å². The van der Waals surface area contributed by atoms with Crippen LogP contribution >= 0.6 is 0 Å². The number of rotatable bonds is 13. The van der Waals surface area contributed by atoms with E-state index in [1.165, 1.54) is 34.6 Å². The molecule has 15 nitrogen and oxygen atoms in total. The highest BCUT2D eigenvalue weighted by Crippen LogP contribution is 2.37. The number of nitrogens with zero attached hydrogens (tertiary/aromatic N) is 6. The van der Waals surface area contributed by atoms with Gasteiger partial charge in [-0.3, -0.25) is 14.0 Å². The Balaban J connectivity index is 1.71. The van der Waals surface area contributed by atoms with Crippen LogP contribution in [0.2, 0.25) is 25.7 Å². The van der Waals surface area contributed by atoms with Crippen molar-refractivity contribution in [2.45, 2.75) is 69.2 Å². The summed E-state index contributed by atoms with van der Waals surface area (Å²) < 4.78 is 40.0. The number of hydrogen-bond donors (Lipinski definition) is 3. The maximum Gasteiger partial charge on any atom is 0.372 e. The van der Waals surface area contributed by atoms with Gasteiger partial charge >= 0.3 is 5.97 Å². The van der Waals surface area contributed by atoms with Crippen molar-refractivity contribution in [3.63, 3.8) is 0 Å². The van der Waals surface area contributed by atoms with Gasteiger partial charge in [-0.2, -0.15) is 5.10 Å². The van der Waals surface area contributed by atoms with Gasteiger partial charge in [-0.25, -0.2) is 22.9 Å². The first kappa shape index (κ1) is 32.3. The lowest BCUT2D eigenvalue weighted by molar-refractivity contribution is 0.0613. The lowest BCUT2D eigenvalue weighted by Crippen LogP contribution is -2.37. The van der Waals surface area contributed by atoms with Crippen LogP contribution < -0.4 is 15.9 Å². The van der Waals surface area contributed by atoms with Crippen molar-refractivity contribution < 1.29 is 27.9 Å². The molecule has 0 spiro atoms. The second-order valence-corrected chi connectivity index (χ2v) is 20.1. The Morgan fingerprint density at radius 1 is 1.24 bits per heavy atom. The van der Waals surface area contributed by atoms with E-state index in [4.69, 9.17) is 9.57 Å². The van der Waals surface area contributed by atoms with E-state index >= 15 is 0 Å². The summed E-state index contributed by atoms with van der Waals surface area (Å²) in [5, 5.41) is 18.2. The highest BCUT2D eigenvalue weighted by Gasteiger charge is 2.41. The normalized spacial score (nSPS) is 15.1. The van der Waals surface area contributed by atoms with Crippen LogP contribution in [0.3, 0.4) is 0 Å². The second kappa shape index (κ2) is 12.0. The van der Waals surface area contributed by atoms with Crippen molar-refractivity contribution in [3.8, 4) is 11.3 Å². The number of aromatic carboxylic acids is 1. The topological polar surface area (TPSA) is 188 Å². The minimum Gasteiger partial charge on any atom is -0.475 e. The molecule has 242 valence electrons. The number of nitrogens with one attached hydrogen (secondary N) is 2. The number of ether oxygens (including phenoxy) is 1. The average molecular weight is 659 g/mol. The molecule has 3 N–H and O–H groups in total. The lowest BCUT2D eigenvalue weighted by Gasteiger charge is -2.16. The molecule has 5 rings (SSSR count). The summed E-state index contributed by atoms with van der Waals surface area (Å²) in [7, 11) is -2.38. The zero-order valence-corrected chi connectivity index (χ0v) is 27.9. The minimum atomic E-state index is -4.08. The first-order valence-electron chi connectivity index (χ1n) is 14.4. The van der Waals surface area contributed by atoms with Crippen molar-refractivity contribution in [2.75, 3.05) is 13.7 Å². The number of hydrogen-bond acceptors (Lipinski definition) is 9. The molecule has 3 heterocycles. The van der Waals surface area contributed by atoms with Gasteiger partial charge in [0, 0.05) is 50.8 Å². The smallest absolute Gasteiger partial charge is 0.372 e. The molecular weight excluding hydrogens is 621 g/mol. The molecule has 0 unspecified atom stereocenters. The summed E-state index contributed by atoms with van der Waals surface area (Å²) in [6.07, 6.45) is 6.19. The average Bonchev–Trinajstić information content (AvgIpc) is 3.31. The highest BCUT2D eigenvalue weighted by atomic mass is 32.2. The highest BCUT2D eigenvalue weighted by molar-refractivity contribution is 7.89. The van der Waals surface area contributed by atoms with Gasteiger partial charge in [-0.1, -0.05) is 19.6 Å². The molecule has 1 saturated carbocycles. The summed E-state index contributed by atoms with van der Waals surface area (Å²) in [6.45, 7) is 8.90. The summed E-state index contributed by atoms with van der Waals surface area (Å²) in [5.74, 6) is -1.58. The van der Waals surface area contributed by atoms with E-state index in [-0.39, 0.29) is 51.8 Å². The number of fused-ring (bicyclic) bond motifs is 1. The Hall–Kier alpha value is -4.06. The van der Waals surface area contributed by atoms with Gasteiger partial charge in [0.2, 0.25) is 21.5 Å². The molecule has 17 heteroatoms. The Bertz CT molecular complexity index is 2000. The maximum absolute atomic E-state index is 14.1. The van der Waals surface area contributed by atoms with Crippen molar-refractivity contribution in [2.24, 2.45) is 12.2 Å². The molecule has 0 saturated heterocycles. The van der Waals surface area contributed by atoms with Crippen LogP contribution in [0.15, 0.2) is 45.6 Å². The van der Waals surface area contributed by atoms with Crippen LogP contribution in [-0.4, -0.2) is 75.7 Å². The minimum absolute atomic E-state index is 0.0329. The molecule has 1 aromatic carbocycles. The number of H-pyrrole nitrogens is 1. The molecule has 0 atom stereocenters. The third-order valence-corrected chi connectivity index (χ3v) is 10.8. The molecule has 0 radical (unpaired) electrons. The molecule has 3 aromatic heterocycles. The third kappa shape index (κ3) is 7.27. The quantitative estimate of drug-likeness (QED) is 0.110. The van der Waals surface area contributed by atoms with Crippen molar-refractivity contribution in [1.29, 1.82) is 0 Å². The second-order valence-electron chi connectivity index (χ2n) is 12.8. The fraction of sp³-hybridized carbons (Fsp3) is 0.464. The Labute approximate surface area is 260 Å². The number of aryl methyl sites for hydroxylation is 1. The molecule has 0 bridgehead atoms. The fourth-order valence-electron chi connectivity index (χ4n) is 4.77. The zero-order chi connectivity index (χ0) is 32.7. The molecule has 0 amide bonds. The van der Waals surface area contributed by atoms with E-state index in [9.17, 15) is 23.1 Å². The first-order chi connectivity index (χ1) is 21.1. The van der Waals surface area contributed by atoms with Gasteiger partial charge in [0.05, 0.1) is 34.2 Å². The summed E-state index contributed by atoms with van der Waals surface area (Å²) >= 11 is 0. The Kier molecular flexibility index (Phi) is 8.65. The van der Waals surface area contributed by atoms with E-state index in [1.54, 1.807) is 24.1 Å². The van der Waals surface area contributed by atoms with E-state index in [2.05, 4.69) is 44.6 Å². The van der Waals surface area contributed by atoms with Crippen molar-refractivity contribution >= 4 is 35.0 Å². The molecule has 1 fully saturated rings. The van der Waals surface area contributed by atoms with Gasteiger partial charge in [0.15, 0.2) is 0 Å². The van der Waals surface area contributed by atoms with Gasteiger partial charge < -0.3 is 24.2 Å². The van der Waals surface area contributed by atoms with Crippen LogP contribution in [0, 0.1) is 0 Å². The summed E-state index contributed by atoms with van der Waals surface area (Å²) in [5.41, 5.74) is 0.147. The van der Waals surface area contributed by atoms with Crippen molar-refractivity contribution in [3.05, 3.63) is 58.1 Å². The number of benzene rings is 1. The maximum atomic E-state index is 14.1.